The zero-order valence-electron chi connectivity index (χ0n) is 12.5. The van der Waals surface area contributed by atoms with Crippen molar-refractivity contribution in [3.63, 3.8) is 0 Å². The molecule has 0 amide bonds. The largest absolute Gasteiger partial charge is 0.468 e. The Kier molecular flexibility index (Phi) is 5.42. The van der Waals surface area contributed by atoms with Gasteiger partial charge in [-0.1, -0.05) is 13.8 Å². The molecule has 0 aliphatic carbocycles. The van der Waals surface area contributed by atoms with E-state index in [4.69, 9.17) is 9.15 Å². The minimum atomic E-state index is 0.0934. The molecule has 0 aromatic carbocycles. The van der Waals surface area contributed by atoms with Crippen LogP contribution >= 0.6 is 0 Å². The molecular weight excluding hydrogens is 226 g/mol. The second-order valence-corrected chi connectivity index (χ2v) is 6.23. The molecule has 0 aliphatic heterocycles. The summed E-state index contributed by atoms with van der Waals surface area (Å²) in [6.45, 7) is 14.2. The highest BCUT2D eigenvalue weighted by molar-refractivity contribution is 5.16. The molecule has 0 saturated carbocycles. The molecule has 1 unspecified atom stereocenters. The molecule has 0 saturated heterocycles. The highest BCUT2D eigenvalue weighted by atomic mass is 16.5. The van der Waals surface area contributed by atoms with Gasteiger partial charge in [-0.15, -0.1) is 0 Å². The molecule has 3 heteroatoms. The zero-order valence-corrected chi connectivity index (χ0v) is 12.5. The lowest BCUT2D eigenvalue weighted by molar-refractivity contribution is 0.0227. The molecule has 3 nitrogen and oxygen atoms in total. The molecule has 1 rings (SSSR count). The van der Waals surface area contributed by atoms with E-state index in [0.717, 1.165) is 17.9 Å². The summed E-state index contributed by atoms with van der Waals surface area (Å²) in [5.74, 6) is 1.51. The van der Waals surface area contributed by atoms with Gasteiger partial charge in [0.2, 0.25) is 0 Å². The Bertz CT molecular complexity index is 350. The summed E-state index contributed by atoms with van der Waals surface area (Å²) in [7, 11) is 0. The molecule has 1 aromatic rings. The van der Waals surface area contributed by atoms with Crippen LogP contribution in [0.5, 0.6) is 0 Å². The third kappa shape index (κ3) is 5.23. The van der Waals surface area contributed by atoms with E-state index in [1.165, 1.54) is 0 Å². The van der Waals surface area contributed by atoms with Crippen molar-refractivity contribution in [1.29, 1.82) is 0 Å². The Labute approximate surface area is 111 Å². The third-order valence-corrected chi connectivity index (χ3v) is 3.06. The number of furan rings is 1. The van der Waals surface area contributed by atoms with Crippen LogP contribution in [0.4, 0.5) is 0 Å². The van der Waals surface area contributed by atoms with Crippen LogP contribution in [0, 0.1) is 5.92 Å². The summed E-state index contributed by atoms with van der Waals surface area (Å²) in [5, 5.41) is 3.43. The summed E-state index contributed by atoms with van der Waals surface area (Å²) in [6.07, 6.45) is 2.00. The lowest BCUT2D eigenvalue weighted by Crippen LogP contribution is -2.35. The van der Waals surface area contributed by atoms with Gasteiger partial charge in [0.25, 0.3) is 0 Å². The van der Waals surface area contributed by atoms with Crippen molar-refractivity contribution in [2.75, 3.05) is 0 Å². The van der Waals surface area contributed by atoms with Crippen molar-refractivity contribution in [3.8, 4) is 0 Å². The van der Waals surface area contributed by atoms with Gasteiger partial charge >= 0.3 is 0 Å². The highest BCUT2D eigenvalue weighted by Gasteiger charge is 2.14. The Morgan fingerprint density at radius 3 is 2.50 bits per heavy atom. The number of hydrogen-bond acceptors (Lipinski definition) is 3. The molecule has 0 spiro atoms. The summed E-state index contributed by atoms with van der Waals surface area (Å²) < 4.78 is 11.3. The van der Waals surface area contributed by atoms with Crippen LogP contribution in [-0.2, 0) is 17.9 Å². The van der Waals surface area contributed by atoms with Gasteiger partial charge in [-0.25, -0.2) is 0 Å². The molecule has 0 radical (unpaired) electrons. The Morgan fingerprint density at radius 2 is 1.94 bits per heavy atom. The van der Waals surface area contributed by atoms with Crippen molar-refractivity contribution < 1.29 is 9.15 Å². The average molecular weight is 253 g/mol. The van der Waals surface area contributed by atoms with Gasteiger partial charge in [0.15, 0.2) is 0 Å². The van der Waals surface area contributed by atoms with Crippen LogP contribution in [-0.4, -0.2) is 11.6 Å². The quantitative estimate of drug-likeness (QED) is 0.839. The van der Waals surface area contributed by atoms with E-state index in [1.807, 2.05) is 6.07 Å². The van der Waals surface area contributed by atoms with Crippen LogP contribution in [0.1, 0.15) is 52.9 Å². The van der Waals surface area contributed by atoms with Crippen molar-refractivity contribution in [2.45, 2.75) is 66.3 Å². The molecule has 0 fully saturated rings. The minimum absolute atomic E-state index is 0.0934. The number of ether oxygens (including phenoxy) is 1. The monoisotopic (exact) mass is 253 g/mol. The average Bonchev–Trinajstić information content (AvgIpc) is 2.69. The van der Waals surface area contributed by atoms with E-state index in [9.17, 15) is 0 Å². The van der Waals surface area contributed by atoms with E-state index >= 15 is 0 Å². The van der Waals surface area contributed by atoms with Gasteiger partial charge in [-0.2, -0.15) is 0 Å². The van der Waals surface area contributed by atoms with Crippen LogP contribution in [0.2, 0.25) is 0 Å². The molecule has 1 aromatic heterocycles. The van der Waals surface area contributed by atoms with Crippen molar-refractivity contribution in [3.05, 3.63) is 23.7 Å². The molecule has 0 bridgehead atoms. The fraction of sp³-hybridized carbons (Fsp3) is 0.733. The van der Waals surface area contributed by atoms with Gasteiger partial charge in [0, 0.05) is 11.1 Å². The van der Waals surface area contributed by atoms with Gasteiger partial charge in [-0.05, 0) is 39.7 Å². The van der Waals surface area contributed by atoms with Gasteiger partial charge in [0.1, 0.15) is 5.76 Å². The van der Waals surface area contributed by atoms with Gasteiger partial charge < -0.3 is 14.5 Å². The van der Waals surface area contributed by atoms with Crippen LogP contribution in [0.25, 0.3) is 0 Å². The van der Waals surface area contributed by atoms with E-state index in [-0.39, 0.29) is 11.6 Å². The molecule has 0 aliphatic rings. The van der Waals surface area contributed by atoms with Gasteiger partial charge in [-0.3, -0.25) is 0 Å². The number of rotatable bonds is 6. The fourth-order valence-corrected chi connectivity index (χ4v) is 1.41. The molecule has 1 heterocycles. The third-order valence-electron chi connectivity index (χ3n) is 3.06. The number of nitrogens with one attached hydrogen (secondary N) is 1. The first-order chi connectivity index (χ1) is 8.29. The molecule has 104 valence electrons. The highest BCUT2D eigenvalue weighted by Crippen LogP contribution is 2.16. The standard InChI is InChI=1S/C15H27NO2/c1-11(2)12(3)18-10-13-7-8-17-14(13)9-16-15(4,5)6/h7-8,11-12,16H,9-10H2,1-6H3. The fourth-order valence-electron chi connectivity index (χ4n) is 1.41. The van der Waals surface area contributed by atoms with Crippen molar-refractivity contribution >= 4 is 0 Å². The molecule has 1 atom stereocenters. The lowest BCUT2D eigenvalue weighted by atomic mass is 10.1. The van der Waals surface area contributed by atoms with Crippen molar-refractivity contribution in [2.24, 2.45) is 5.92 Å². The maximum absolute atomic E-state index is 5.83. The van der Waals surface area contributed by atoms with E-state index in [0.29, 0.717) is 12.5 Å². The Morgan fingerprint density at radius 1 is 1.28 bits per heavy atom. The summed E-state index contributed by atoms with van der Waals surface area (Å²) in [6, 6.07) is 1.99. The predicted molar refractivity (Wildman–Crippen MR) is 74.4 cm³/mol. The molecule has 1 N–H and O–H groups in total. The second-order valence-electron chi connectivity index (χ2n) is 6.23. The predicted octanol–water partition coefficient (Wildman–Crippen LogP) is 3.73. The molecular formula is C15H27NO2. The molecule has 18 heavy (non-hydrogen) atoms. The van der Waals surface area contributed by atoms with E-state index < -0.39 is 0 Å². The Balaban J connectivity index is 2.50. The maximum Gasteiger partial charge on any atom is 0.123 e. The first-order valence-corrected chi connectivity index (χ1v) is 6.71. The van der Waals surface area contributed by atoms with E-state index in [1.54, 1.807) is 6.26 Å². The topological polar surface area (TPSA) is 34.4 Å². The lowest BCUT2D eigenvalue weighted by Gasteiger charge is -2.20. The summed E-state index contributed by atoms with van der Waals surface area (Å²) in [5.41, 5.74) is 1.23. The first kappa shape index (κ1) is 15.3. The zero-order chi connectivity index (χ0) is 13.8. The normalized spacial score (nSPS) is 14.2. The maximum atomic E-state index is 5.83. The second kappa shape index (κ2) is 6.39. The summed E-state index contributed by atoms with van der Waals surface area (Å²) >= 11 is 0. The first-order valence-electron chi connectivity index (χ1n) is 6.71. The van der Waals surface area contributed by atoms with Crippen LogP contribution in [0.15, 0.2) is 16.7 Å². The van der Waals surface area contributed by atoms with Gasteiger partial charge in [0.05, 0.1) is 25.5 Å². The Hall–Kier alpha value is -0.800. The van der Waals surface area contributed by atoms with Crippen LogP contribution in [0.3, 0.4) is 0 Å². The summed E-state index contributed by atoms with van der Waals surface area (Å²) in [4.78, 5) is 0. The number of hydrogen-bond donors (Lipinski definition) is 1. The minimum Gasteiger partial charge on any atom is -0.468 e. The van der Waals surface area contributed by atoms with Crippen LogP contribution < -0.4 is 5.32 Å². The van der Waals surface area contributed by atoms with E-state index in [2.05, 4.69) is 46.9 Å². The SMILES string of the molecule is CC(C)C(C)OCc1ccoc1CNC(C)(C)C. The van der Waals surface area contributed by atoms with Crippen molar-refractivity contribution in [1.82, 2.24) is 5.32 Å². The smallest absolute Gasteiger partial charge is 0.123 e.